The Labute approximate surface area is 902 Å². The molecule has 7 aromatic rings. The zero-order valence-electron chi connectivity index (χ0n) is 96.9. The van der Waals surface area contributed by atoms with Crippen LogP contribution in [0.25, 0.3) is 89.7 Å². The van der Waals surface area contributed by atoms with Crippen LogP contribution >= 0.6 is 0 Å². The lowest BCUT2D eigenvalue weighted by atomic mass is 9.91. The van der Waals surface area contributed by atoms with Crippen molar-refractivity contribution >= 4 is 44.1 Å². The molecule has 0 aliphatic carbocycles. The molecule has 8 bridgehead atoms. The average Bonchev–Trinajstić information content (AvgIpc) is 1.59. The predicted octanol–water partition coefficient (Wildman–Crippen LogP) is 43.4. The van der Waals surface area contributed by atoms with Gasteiger partial charge in [-0.2, -0.15) is 0 Å². The Kier molecular flexibility index (Phi) is 70.6. The molecule has 828 valence electrons. The molecule has 0 saturated heterocycles. The van der Waals surface area contributed by atoms with Crippen molar-refractivity contribution in [2.75, 3.05) is 39.8 Å². The number of fused-ring (bicyclic) bond motifs is 20. The monoisotopic (exact) mass is 2020 g/mol. The van der Waals surface area contributed by atoms with E-state index >= 15 is 0 Å². The molecule has 0 unspecified atom stereocenters. The van der Waals surface area contributed by atoms with Crippen LogP contribution in [0.1, 0.15) is 621 Å². The highest BCUT2D eigenvalue weighted by atomic mass is 16.7. The molecule has 12 nitrogen and oxygen atoms in total. The summed E-state index contributed by atoms with van der Waals surface area (Å²) in [5, 5.41) is 4.35. The van der Waals surface area contributed by atoms with Crippen molar-refractivity contribution in [3.8, 4) is 51.3 Å². The van der Waals surface area contributed by atoms with Crippen LogP contribution in [0.4, 0.5) is 0 Å². The van der Waals surface area contributed by atoms with Crippen molar-refractivity contribution in [3.63, 3.8) is 0 Å². The number of H-pyrrole nitrogens is 2. The van der Waals surface area contributed by atoms with Gasteiger partial charge in [0.15, 0.2) is 30.1 Å². The summed E-state index contributed by atoms with van der Waals surface area (Å²) in [6, 6.07) is 21.6. The van der Waals surface area contributed by atoms with Gasteiger partial charge in [-0.25, -0.2) is 29.9 Å². The Morgan fingerprint density at radius 1 is 0.177 bits per heavy atom. The van der Waals surface area contributed by atoms with Crippen LogP contribution in [0.5, 0.6) is 5.75 Å². The molecule has 12 heteroatoms. The molecular formula is C135H224N8O4. The highest BCUT2D eigenvalue weighted by molar-refractivity contribution is 6.07. The van der Waals surface area contributed by atoms with E-state index < -0.39 is 0 Å². The number of hydrogen-bond donors (Lipinski definition) is 2. The number of aromatic nitrogens is 8. The lowest BCUT2D eigenvalue weighted by molar-refractivity contribution is -0.0258. The highest BCUT2D eigenvalue weighted by Crippen LogP contribution is 2.43. The first-order valence-electron chi connectivity index (χ1n) is 64.7. The van der Waals surface area contributed by atoms with Gasteiger partial charge < -0.3 is 28.9 Å². The van der Waals surface area contributed by atoms with E-state index in [1.165, 1.54) is 573 Å². The molecule has 2 aliphatic rings. The Morgan fingerprint density at radius 3 is 0.578 bits per heavy atom. The first kappa shape index (κ1) is 124. The van der Waals surface area contributed by atoms with Gasteiger partial charge in [0.05, 0.1) is 26.4 Å². The van der Waals surface area contributed by atoms with Crippen LogP contribution in [0, 0.1) is 0 Å². The summed E-state index contributed by atoms with van der Waals surface area (Å²) in [5.41, 5.74) is 15.9. The van der Waals surface area contributed by atoms with E-state index in [1.54, 1.807) is 0 Å². The van der Waals surface area contributed by atoms with E-state index in [1.807, 2.05) is 6.92 Å². The van der Waals surface area contributed by atoms with Gasteiger partial charge in [0.2, 0.25) is 0 Å². The minimum absolute atomic E-state index is 0.0751. The molecule has 0 atom stereocenters. The van der Waals surface area contributed by atoms with Crippen LogP contribution in [0.3, 0.4) is 0 Å². The number of rotatable bonds is 100. The van der Waals surface area contributed by atoms with Gasteiger partial charge in [-0.1, -0.05) is 542 Å². The Bertz CT molecular complexity index is 4580. The third-order valence-corrected chi connectivity index (χ3v) is 32.8. The van der Waals surface area contributed by atoms with Crippen LogP contribution < -0.4 is 4.74 Å². The van der Waals surface area contributed by atoms with Gasteiger partial charge in [0, 0.05) is 50.4 Å². The second-order valence-corrected chi connectivity index (χ2v) is 45.9. The van der Waals surface area contributed by atoms with Crippen molar-refractivity contribution in [2.24, 2.45) is 0 Å². The molecule has 3 aromatic heterocycles. The zero-order valence-corrected chi connectivity index (χ0v) is 96.9. The molecule has 2 aliphatic heterocycles. The largest absolute Gasteiger partial charge is 0.468 e. The zero-order chi connectivity index (χ0) is 103. The maximum atomic E-state index is 6.53. The number of benzene rings is 4. The summed E-state index contributed by atoms with van der Waals surface area (Å²) in [6.07, 6.45) is 120. The lowest BCUT2D eigenvalue weighted by Gasteiger charge is -2.13. The Hall–Kier alpha value is -6.08. The molecule has 9 rings (SSSR count). The number of hydrogen-bond acceptors (Lipinski definition) is 10. The number of aromatic amines is 2. The minimum atomic E-state index is 0.0751. The summed E-state index contributed by atoms with van der Waals surface area (Å²) in [6.45, 7) is 18.7. The molecule has 5 heterocycles. The fraction of sp³-hybridized carbons (Fsp3) is 0.763. The molecular weight excluding hydrogens is 1800 g/mol. The quantitative estimate of drug-likeness (QED) is 0.0279. The summed E-state index contributed by atoms with van der Waals surface area (Å²) < 4.78 is 24.0. The Morgan fingerprint density at radius 2 is 0.361 bits per heavy atom. The average molecular weight is 2020 g/mol. The fourth-order valence-corrected chi connectivity index (χ4v) is 23.4. The first-order chi connectivity index (χ1) is 72.9. The van der Waals surface area contributed by atoms with Crippen LogP contribution in [-0.2, 0) is 52.7 Å². The van der Waals surface area contributed by atoms with Gasteiger partial charge in [-0.05, 0) is 172 Å². The molecule has 0 saturated carbocycles. The maximum Gasteiger partial charge on any atom is 0.189 e. The molecule has 4 aromatic carbocycles. The summed E-state index contributed by atoms with van der Waals surface area (Å²) >= 11 is 0. The lowest BCUT2D eigenvalue weighted by Crippen LogP contribution is -2.11. The van der Waals surface area contributed by atoms with Crippen molar-refractivity contribution in [2.45, 2.75) is 626 Å². The summed E-state index contributed by atoms with van der Waals surface area (Å²) in [7, 11) is 0. The van der Waals surface area contributed by atoms with Gasteiger partial charge in [-0.15, -0.1) is 0 Å². The van der Waals surface area contributed by atoms with Crippen molar-refractivity contribution in [1.82, 2.24) is 39.9 Å². The maximum absolute atomic E-state index is 6.53. The molecule has 2 N–H and O–H groups in total. The van der Waals surface area contributed by atoms with E-state index in [2.05, 4.69) is 106 Å². The number of ether oxygens (including phenoxy) is 4. The van der Waals surface area contributed by atoms with E-state index in [0.29, 0.717) is 50.4 Å². The van der Waals surface area contributed by atoms with Crippen LogP contribution in [0.15, 0.2) is 54.6 Å². The van der Waals surface area contributed by atoms with E-state index in [-0.39, 0.29) is 6.79 Å². The third-order valence-electron chi connectivity index (χ3n) is 32.8. The molecule has 0 spiro atoms. The second-order valence-electron chi connectivity index (χ2n) is 45.9. The normalized spacial score (nSPS) is 12.0. The van der Waals surface area contributed by atoms with Gasteiger partial charge in [-0.3, -0.25) is 0 Å². The summed E-state index contributed by atoms with van der Waals surface area (Å²) in [4.78, 5) is 43.4. The fourth-order valence-electron chi connectivity index (χ4n) is 23.4. The topological polar surface area (TPSA) is 146 Å². The number of unbranched alkanes of at least 4 members (excludes halogenated alkanes) is 78. The van der Waals surface area contributed by atoms with E-state index in [4.69, 9.17) is 48.9 Å². The SMILES string of the molecule is CCCCCCCCCCCCCCCCc1cc2c(cc1CCCCCCCCCCCCCCCC)-c1nc-2nc2[nH]c(nc3nc(nc4[nH]c(n1)c1cc(CCCCCCCCCCCCCCCC)c(CCCCCCCCCCCCCCCC)cc41)-c1cc(OCOCCOCCOCC)ccc1-3)c1cc(CCCCCCCCCCCCCCCC)c(CCCCCCCCCCCCCCCC)cc21. The van der Waals surface area contributed by atoms with E-state index in [0.717, 1.165) is 117 Å². The number of nitrogens with one attached hydrogen (secondary N) is 2. The number of nitrogens with zero attached hydrogens (tertiary/aromatic N) is 6. The first-order valence-corrected chi connectivity index (χ1v) is 64.7. The highest BCUT2D eigenvalue weighted by Gasteiger charge is 2.27. The Balaban J connectivity index is 1.15. The smallest absolute Gasteiger partial charge is 0.189 e. The second kappa shape index (κ2) is 83.4. The molecule has 0 fully saturated rings. The van der Waals surface area contributed by atoms with Crippen molar-refractivity contribution in [3.05, 3.63) is 88.0 Å². The van der Waals surface area contributed by atoms with Gasteiger partial charge >= 0.3 is 0 Å². The van der Waals surface area contributed by atoms with Crippen molar-refractivity contribution < 1.29 is 18.9 Å². The summed E-state index contributed by atoms with van der Waals surface area (Å²) in [5.74, 6) is 3.35. The van der Waals surface area contributed by atoms with Gasteiger partial charge in [0.25, 0.3) is 0 Å². The van der Waals surface area contributed by atoms with Crippen molar-refractivity contribution in [1.29, 1.82) is 0 Å². The third kappa shape index (κ3) is 52.1. The number of aryl methyl sites for hydroxylation is 6. The molecule has 0 radical (unpaired) electrons. The standard InChI is InChI=1S/C135H224N8O4/c1-8-15-21-27-33-39-45-51-57-63-69-75-81-87-93-113-105-121-122(106-114(113)94-88-82-76-70-64-58-52-46-40-34-28-22-16-9-2)130-138-129(121)136-128-120-100-99-119(147-112-146-104-103-145-102-101-144-14-7)111-127(120)135(137-128)143-134-126-110-118(98-92-86-80-74-68-62-56-50-44-38-32-26-20-13-6)117(97-91-85-79-73-67-61-55-49-43-37-31-25-19-12-5)109-125(126)133(142-134)141-132-124-108-116(96-90-84-78-72-66-60-54-48-42-36-30-24-18-11-4)115(107-123(124)131(139-130)140-132)95-89-83-77-71-65-59-53-47-41-35-29-23-17-10-3/h99-100,105-111H,8-98,101-104,112H2,1-7H3,(H2,136,137,138,139,140,141,142,143). The minimum Gasteiger partial charge on any atom is -0.468 e. The van der Waals surface area contributed by atoms with Crippen LogP contribution in [0.2, 0.25) is 0 Å². The molecule has 147 heavy (non-hydrogen) atoms. The molecule has 0 amide bonds. The van der Waals surface area contributed by atoms with Gasteiger partial charge in [0.1, 0.15) is 28.3 Å². The predicted molar refractivity (Wildman–Crippen MR) is 639 cm³/mol. The van der Waals surface area contributed by atoms with E-state index in [9.17, 15) is 0 Å². The van der Waals surface area contributed by atoms with Crippen LogP contribution in [-0.4, -0.2) is 79.7 Å².